The second-order valence-electron chi connectivity index (χ2n) is 17.2. The van der Waals surface area contributed by atoms with Crippen molar-refractivity contribution < 1.29 is 0 Å². The largest absolute Gasteiger partial charge is 0.309 e. The van der Waals surface area contributed by atoms with Crippen molar-refractivity contribution in [3.63, 3.8) is 0 Å². The normalized spacial score (nSPS) is 12.4. The Balaban J connectivity index is 1.25. The molecule has 0 aliphatic rings. The van der Waals surface area contributed by atoms with E-state index in [0.29, 0.717) is 0 Å². The van der Waals surface area contributed by atoms with Crippen LogP contribution in [0.1, 0.15) is 52.8 Å². The quantitative estimate of drug-likeness (QED) is 0.176. The monoisotopic (exact) mass is 739 g/mol. The van der Waals surface area contributed by atoms with E-state index in [0.717, 1.165) is 67.3 Å². The third kappa shape index (κ3) is 5.68. The second kappa shape index (κ2) is 12.9. The lowest BCUT2D eigenvalue weighted by atomic mass is 9.85. The minimum Gasteiger partial charge on any atom is -0.309 e. The van der Waals surface area contributed by atoms with E-state index in [1.807, 2.05) is 6.20 Å². The number of hydrogen-bond donors (Lipinski definition) is 0. The van der Waals surface area contributed by atoms with Gasteiger partial charge in [-0.15, -0.1) is 0 Å². The molecule has 0 saturated heterocycles. The average Bonchev–Trinajstić information content (AvgIpc) is 3.89. The van der Waals surface area contributed by atoms with E-state index in [-0.39, 0.29) is 10.8 Å². The molecule has 0 atom stereocenters. The molecule has 4 heterocycles. The van der Waals surface area contributed by atoms with E-state index in [9.17, 15) is 0 Å². The molecule has 0 N–H and O–H groups in total. The summed E-state index contributed by atoms with van der Waals surface area (Å²) in [5, 5.41) is 10.3. The van der Waals surface area contributed by atoms with Gasteiger partial charge < -0.3 is 4.57 Å². The number of rotatable bonds is 5. The molecule has 0 bridgehead atoms. The SMILES string of the molecule is CC(C)(C)c1ccnc(-n2c3ccccc3c3ccc(-n4c5ccccc5c5ccc(-n6nc(C(C)(C)C)c(-c7ccccc7)c6-c6ccccc6)cc54)cc32)c1. The molecule has 0 spiro atoms. The van der Waals surface area contributed by atoms with Gasteiger partial charge in [-0.1, -0.05) is 151 Å². The van der Waals surface area contributed by atoms with E-state index in [1.165, 1.54) is 27.1 Å². The molecule has 4 aromatic heterocycles. The van der Waals surface area contributed by atoms with Gasteiger partial charge >= 0.3 is 0 Å². The Morgan fingerprint density at radius 1 is 0.439 bits per heavy atom. The van der Waals surface area contributed by atoms with Gasteiger partial charge in [0.15, 0.2) is 0 Å². The van der Waals surface area contributed by atoms with Crippen LogP contribution in [0.5, 0.6) is 0 Å². The van der Waals surface area contributed by atoms with Crippen LogP contribution in [0.3, 0.4) is 0 Å². The summed E-state index contributed by atoms with van der Waals surface area (Å²) in [5.74, 6) is 0.922. The van der Waals surface area contributed by atoms with Crippen LogP contribution < -0.4 is 0 Å². The summed E-state index contributed by atoms with van der Waals surface area (Å²) in [6.07, 6.45) is 1.95. The second-order valence-corrected chi connectivity index (χ2v) is 17.2. The maximum absolute atomic E-state index is 5.50. The molecule has 10 aromatic rings. The fourth-order valence-corrected chi connectivity index (χ4v) is 8.59. The Hall–Kier alpha value is -6.72. The van der Waals surface area contributed by atoms with Crippen molar-refractivity contribution in [1.29, 1.82) is 0 Å². The third-order valence-electron chi connectivity index (χ3n) is 11.4. The summed E-state index contributed by atoms with van der Waals surface area (Å²) < 4.78 is 6.93. The van der Waals surface area contributed by atoms with Gasteiger partial charge in [-0.3, -0.25) is 4.57 Å². The maximum Gasteiger partial charge on any atom is 0.137 e. The summed E-state index contributed by atoms with van der Waals surface area (Å²) in [5.41, 5.74) is 13.3. The molecule has 0 unspecified atom stereocenters. The van der Waals surface area contributed by atoms with Crippen LogP contribution in [0, 0.1) is 0 Å². The highest BCUT2D eigenvalue weighted by Crippen LogP contribution is 2.43. The molecule has 5 heteroatoms. The van der Waals surface area contributed by atoms with Gasteiger partial charge in [0.1, 0.15) is 5.82 Å². The van der Waals surface area contributed by atoms with Gasteiger partial charge in [0.05, 0.1) is 39.1 Å². The molecule has 0 saturated carbocycles. The summed E-state index contributed by atoms with van der Waals surface area (Å²) in [4.78, 5) is 4.96. The lowest BCUT2D eigenvalue weighted by Gasteiger charge is -2.20. The van der Waals surface area contributed by atoms with Gasteiger partial charge in [0, 0.05) is 50.0 Å². The predicted molar refractivity (Wildman–Crippen MR) is 238 cm³/mol. The number of nitrogens with zero attached hydrogens (tertiary/aromatic N) is 5. The number of para-hydroxylation sites is 2. The van der Waals surface area contributed by atoms with Crippen LogP contribution in [0.15, 0.2) is 164 Å². The molecule has 6 aromatic carbocycles. The van der Waals surface area contributed by atoms with Crippen LogP contribution in [-0.4, -0.2) is 23.9 Å². The molecular formula is C52H45N5. The van der Waals surface area contributed by atoms with Crippen LogP contribution in [0.2, 0.25) is 0 Å². The fourth-order valence-electron chi connectivity index (χ4n) is 8.59. The first-order chi connectivity index (χ1) is 27.6. The summed E-state index contributed by atoms with van der Waals surface area (Å²) >= 11 is 0. The van der Waals surface area contributed by atoms with Crippen molar-refractivity contribution >= 4 is 43.6 Å². The molecular weight excluding hydrogens is 695 g/mol. The number of hydrogen-bond acceptors (Lipinski definition) is 2. The predicted octanol–water partition coefficient (Wildman–Crippen LogP) is 13.4. The van der Waals surface area contributed by atoms with E-state index in [4.69, 9.17) is 10.1 Å². The first kappa shape index (κ1) is 34.7. The molecule has 5 nitrogen and oxygen atoms in total. The first-order valence-corrected chi connectivity index (χ1v) is 19.8. The zero-order valence-corrected chi connectivity index (χ0v) is 33.3. The smallest absolute Gasteiger partial charge is 0.137 e. The summed E-state index contributed by atoms with van der Waals surface area (Å²) in [6, 6.07) is 56.9. The Kier molecular flexibility index (Phi) is 7.88. The molecule has 278 valence electrons. The molecule has 0 fully saturated rings. The van der Waals surface area contributed by atoms with E-state index < -0.39 is 0 Å². The zero-order valence-electron chi connectivity index (χ0n) is 33.3. The Labute approximate surface area is 333 Å². The minimum absolute atomic E-state index is 0.00720. The van der Waals surface area contributed by atoms with Gasteiger partial charge in [0.2, 0.25) is 0 Å². The van der Waals surface area contributed by atoms with Crippen molar-refractivity contribution in [2.75, 3.05) is 0 Å². The van der Waals surface area contributed by atoms with Crippen molar-refractivity contribution in [2.45, 2.75) is 52.4 Å². The van der Waals surface area contributed by atoms with Crippen molar-refractivity contribution in [2.24, 2.45) is 0 Å². The first-order valence-electron chi connectivity index (χ1n) is 19.8. The highest BCUT2D eigenvalue weighted by molar-refractivity contribution is 6.12. The number of benzene rings is 6. The topological polar surface area (TPSA) is 40.6 Å². The molecule has 0 aliphatic heterocycles. The van der Waals surface area contributed by atoms with Gasteiger partial charge in [0.25, 0.3) is 0 Å². The average molecular weight is 740 g/mol. The van der Waals surface area contributed by atoms with Gasteiger partial charge in [-0.2, -0.15) is 5.10 Å². The standard InChI is InChI=1S/C52H45N5/c1-51(2,3)36-29-30-53-47(31-36)56-44-24-16-14-22-40(44)42-27-25-37(32-46(42)56)55-43-23-15-13-21-39(43)41-28-26-38(33-45(41)55)57-49(35-19-11-8-12-20-35)48(34-17-9-7-10-18-34)50(54-57)52(4,5)6/h7-33H,1-6H3. The van der Waals surface area contributed by atoms with Crippen LogP contribution in [0.4, 0.5) is 0 Å². The summed E-state index contributed by atoms with van der Waals surface area (Å²) in [6.45, 7) is 13.5. The van der Waals surface area contributed by atoms with Crippen molar-refractivity contribution in [3.8, 4) is 39.6 Å². The molecule has 0 amide bonds. The van der Waals surface area contributed by atoms with E-state index >= 15 is 0 Å². The third-order valence-corrected chi connectivity index (χ3v) is 11.4. The van der Waals surface area contributed by atoms with Crippen molar-refractivity contribution in [1.82, 2.24) is 23.9 Å². The number of aromatic nitrogens is 5. The Morgan fingerprint density at radius 2 is 0.965 bits per heavy atom. The molecule has 0 radical (unpaired) electrons. The zero-order chi connectivity index (χ0) is 39.1. The van der Waals surface area contributed by atoms with Gasteiger partial charge in [-0.25, -0.2) is 9.67 Å². The van der Waals surface area contributed by atoms with Crippen LogP contribution in [-0.2, 0) is 10.8 Å². The minimum atomic E-state index is -0.200. The molecule has 0 aliphatic carbocycles. The lowest BCUT2D eigenvalue weighted by molar-refractivity contribution is 0.562. The Morgan fingerprint density at radius 3 is 1.60 bits per heavy atom. The highest BCUT2D eigenvalue weighted by Gasteiger charge is 2.29. The van der Waals surface area contributed by atoms with E-state index in [1.54, 1.807) is 0 Å². The highest BCUT2D eigenvalue weighted by atomic mass is 15.3. The molecule has 10 rings (SSSR count). The lowest BCUT2D eigenvalue weighted by Crippen LogP contribution is -2.14. The Bertz CT molecular complexity index is 3130. The number of fused-ring (bicyclic) bond motifs is 6. The molecule has 57 heavy (non-hydrogen) atoms. The fraction of sp³-hybridized carbons (Fsp3) is 0.154. The summed E-state index contributed by atoms with van der Waals surface area (Å²) in [7, 11) is 0. The van der Waals surface area contributed by atoms with Crippen LogP contribution >= 0.6 is 0 Å². The van der Waals surface area contributed by atoms with Gasteiger partial charge in [-0.05, 0) is 65.1 Å². The maximum atomic E-state index is 5.50. The van der Waals surface area contributed by atoms with E-state index in [2.05, 4.69) is 213 Å². The van der Waals surface area contributed by atoms with Crippen molar-refractivity contribution in [3.05, 3.63) is 175 Å². The van der Waals surface area contributed by atoms with Crippen LogP contribution in [0.25, 0.3) is 83.2 Å². The number of pyridine rings is 1.